The Morgan fingerprint density at radius 2 is 1.57 bits per heavy atom. The predicted octanol–water partition coefficient (Wildman–Crippen LogP) is 4.14. The van der Waals surface area contributed by atoms with Gasteiger partial charge in [-0.05, 0) is 73.4 Å². The number of piperidine rings is 1. The number of unbranched alkanes of at least 4 members (excludes halogenated alkanes) is 1. The van der Waals surface area contributed by atoms with E-state index in [1.807, 2.05) is 29.2 Å². The van der Waals surface area contributed by atoms with Gasteiger partial charge in [-0.3, -0.25) is 19.3 Å². The molecule has 2 aromatic carbocycles. The largest absolute Gasteiger partial charge is 0.478 e. The average molecular weight is 655 g/mol. The SMILES string of the molecule is CCCCN1C(=O)[C@@H]([C@H](O)C2CCCCC2)NC(=O)C12CCN(Cc1ccc(CNC(=O)c3ccc(C(=O)O)cc3)cc1)CC2.Cl. The topological polar surface area (TPSA) is 139 Å². The Bertz CT molecular complexity index is 1350. The second-order valence-electron chi connectivity index (χ2n) is 12.9. The quantitative estimate of drug-likeness (QED) is 0.286. The van der Waals surface area contributed by atoms with Crippen LogP contribution in [0, 0.1) is 5.92 Å². The fourth-order valence-electron chi connectivity index (χ4n) is 7.11. The molecule has 5 rings (SSSR count). The van der Waals surface area contributed by atoms with E-state index in [4.69, 9.17) is 5.11 Å². The molecule has 2 atom stereocenters. The van der Waals surface area contributed by atoms with Gasteiger partial charge in [0, 0.05) is 38.3 Å². The number of hydrogen-bond acceptors (Lipinski definition) is 6. The number of nitrogens with zero attached hydrogens (tertiary/aromatic N) is 2. The molecule has 3 aliphatic rings. The number of rotatable bonds is 11. The Morgan fingerprint density at radius 1 is 0.957 bits per heavy atom. The Labute approximate surface area is 277 Å². The summed E-state index contributed by atoms with van der Waals surface area (Å²) in [5.41, 5.74) is 1.72. The van der Waals surface area contributed by atoms with Gasteiger partial charge in [-0.25, -0.2) is 4.79 Å². The maximum Gasteiger partial charge on any atom is 0.335 e. The van der Waals surface area contributed by atoms with Gasteiger partial charge < -0.3 is 25.7 Å². The van der Waals surface area contributed by atoms with Crippen molar-refractivity contribution >= 4 is 36.1 Å². The Hall–Kier alpha value is -3.47. The van der Waals surface area contributed by atoms with Crippen LogP contribution in [-0.4, -0.2) is 81.0 Å². The van der Waals surface area contributed by atoms with Crippen molar-refractivity contribution in [2.75, 3.05) is 19.6 Å². The molecular weight excluding hydrogens is 608 g/mol. The molecule has 250 valence electrons. The van der Waals surface area contributed by atoms with E-state index in [0.29, 0.717) is 51.1 Å². The van der Waals surface area contributed by atoms with Gasteiger partial charge in [0.05, 0.1) is 11.7 Å². The molecule has 0 unspecified atom stereocenters. The minimum absolute atomic E-state index is 0. The Kier molecular flexibility index (Phi) is 12.2. The van der Waals surface area contributed by atoms with Crippen LogP contribution >= 0.6 is 12.4 Å². The van der Waals surface area contributed by atoms with Crippen molar-refractivity contribution in [3.05, 3.63) is 70.8 Å². The summed E-state index contributed by atoms with van der Waals surface area (Å²) in [4.78, 5) is 55.2. The molecule has 10 nitrogen and oxygen atoms in total. The highest BCUT2D eigenvalue weighted by Gasteiger charge is 2.55. The molecular formula is C35H47ClN4O6. The number of piperazine rings is 1. The highest BCUT2D eigenvalue weighted by molar-refractivity contribution is 6.00. The molecule has 1 saturated carbocycles. The van der Waals surface area contributed by atoms with Gasteiger partial charge in [0.1, 0.15) is 11.6 Å². The first-order valence-electron chi connectivity index (χ1n) is 16.4. The van der Waals surface area contributed by atoms with Gasteiger partial charge in [0.2, 0.25) is 11.8 Å². The van der Waals surface area contributed by atoms with E-state index in [-0.39, 0.29) is 41.6 Å². The molecule has 1 aliphatic carbocycles. The van der Waals surface area contributed by atoms with Crippen molar-refractivity contribution in [1.82, 2.24) is 20.4 Å². The van der Waals surface area contributed by atoms with Gasteiger partial charge in [-0.15, -0.1) is 12.4 Å². The first-order valence-corrected chi connectivity index (χ1v) is 16.4. The zero-order valence-electron chi connectivity index (χ0n) is 26.6. The van der Waals surface area contributed by atoms with E-state index in [0.717, 1.165) is 56.1 Å². The summed E-state index contributed by atoms with van der Waals surface area (Å²) in [6.07, 6.45) is 7.08. The molecule has 0 radical (unpaired) electrons. The maximum atomic E-state index is 13.8. The highest BCUT2D eigenvalue weighted by Crippen LogP contribution is 2.36. The molecule has 0 aromatic heterocycles. The molecule has 2 heterocycles. The number of carbonyl (C=O) groups is 4. The second kappa shape index (κ2) is 15.9. The number of likely N-dealkylation sites (tertiary alicyclic amines) is 1. The lowest BCUT2D eigenvalue weighted by Gasteiger charge is -2.52. The molecule has 3 amide bonds. The minimum Gasteiger partial charge on any atom is -0.478 e. The number of nitrogens with one attached hydrogen (secondary N) is 2. The number of halogens is 1. The van der Waals surface area contributed by atoms with Crippen LogP contribution in [0.2, 0.25) is 0 Å². The van der Waals surface area contributed by atoms with Crippen molar-refractivity contribution in [2.24, 2.45) is 5.92 Å². The average Bonchev–Trinajstić information content (AvgIpc) is 3.07. The molecule has 0 bridgehead atoms. The predicted molar refractivity (Wildman–Crippen MR) is 177 cm³/mol. The molecule has 1 spiro atoms. The first-order chi connectivity index (χ1) is 21.7. The number of carboxylic acids is 1. The summed E-state index contributed by atoms with van der Waals surface area (Å²) in [7, 11) is 0. The molecule has 11 heteroatoms. The van der Waals surface area contributed by atoms with Crippen LogP contribution in [0.15, 0.2) is 48.5 Å². The summed E-state index contributed by atoms with van der Waals surface area (Å²) >= 11 is 0. The standard InChI is InChI=1S/C35H46N4O6.ClH/c1-2-3-19-39-32(42)29(30(40)26-7-5-4-6-8-26)37-34(45)35(39)17-20-38(21-18-35)23-25-11-9-24(10-12-25)22-36-31(41)27-13-15-28(16-14-27)33(43)44;/h9-16,26,29-30,40H,2-8,17-23H2,1H3,(H,36,41)(H,37,45)(H,43,44);1H/t29-,30-;/m1./s1. The molecule has 46 heavy (non-hydrogen) atoms. The molecule has 2 aromatic rings. The van der Waals surface area contributed by atoms with E-state index >= 15 is 0 Å². The summed E-state index contributed by atoms with van der Waals surface area (Å²) in [6.45, 7) is 5.03. The lowest BCUT2D eigenvalue weighted by Crippen LogP contribution is -2.75. The van der Waals surface area contributed by atoms with Crippen LogP contribution in [0.1, 0.15) is 96.6 Å². The number of benzene rings is 2. The summed E-state index contributed by atoms with van der Waals surface area (Å²) < 4.78 is 0. The molecule has 2 aliphatic heterocycles. The van der Waals surface area contributed by atoms with Crippen molar-refractivity contribution in [3.8, 4) is 0 Å². The van der Waals surface area contributed by atoms with Crippen LogP contribution in [0.5, 0.6) is 0 Å². The number of amides is 3. The zero-order chi connectivity index (χ0) is 32.0. The fourth-order valence-corrected chi connectivity index (χ4v) is 7.11. The van der Waals surface area contributed by atoms with Crippen molar-refractivity contribution in [3.63, 3.8) is 0 Å². The molecule has 4 N–H and O–H groups in total. The van der Waals surface area contributed by atoms with Crippen LogP contribution in [0.25, 0.3) is 0 Å². The van der Waals surface area contributed by atoms with Crippen molar-refractivity contribution in [2.45, 2.75) is 95.5 Å². The zero-order valence-corrected chi connectivity index (χ0v) is 27.4. The Balaban J connectivity index is 0.00000480. The van der Waals surface area contributed by atoms with Gasteiger partial charge in [0.25, 0.3) is 5.91 Å². The van der Waals surface area contributed by atoms with E-state index < -0.39 is 23.7 Å². The van der Waals surface area contributed by atoms with E-state index in [2.05, 4.69) is 22.5 Å². The first kappa shape index (κ1) is 35.4. The van der Waals surface area contributed by atoms with E-state index in [1.165, 1.54) is 24.3 Å². The number of aromatic carboxylic acids is 1. The number of carboxylic acid groups (broad SMARTS) is 1. The third kappa shape index (κ3) is 7.90. The van der Waals surface area contributed by atoms with Crippen LogP contribution < -0.4 is 10.6 Å². The number of hydrogen-bond donors (Lipinski definition) is 4. The summed E-state index contributed by atoms with van der Waals surface area (Å²) in [6, 6.07) is 13.0. The van der Waals surface area contributed by atoms with Gasteiger partial charge in [0.15, 0.2) is 0 Å². The van der Waals surface area contributed by atoms with Gasteiger partial charge in [-0.1, -0.05) is 56.9 Å². The number of aliphatic hydroxyl groups is 1. The van der Waals surface area contributed by atoms with Crippen LogP contribution in [0.3, 0.4) is 0 Å². The second-order valence-corrected chi connectivity index (χ2v) is 12.9. The monoisotopic (exact) mass is 654 g/mol. The van der Waals surface area contributed by atoms with Crippen LogP contribution in [-0.2, 0) is 22.7 Å². The fraction of sp³-hybridized carbons (Fsp3) is 0.543. The summed E-state index contributed by atoms with van der Waals surface area (Å²) in [5, 5.41) is 26.1. The third-order valence-electron chi connectivity index (χ3n) is 9.93. The Morgan fingerprint density at radius 3 is 2.17 bits per heavy atom. The lowest BCUT2D eigenvalue weighted by atomic mass is 9.78. The number of carbonyl (C=O) groups excluding carboxylic acids is 3. The van der Waals surface area contributed by atoms with Crippen molar-refractivity contribution in [1.29, 1.82) is 0 Å². The lowest BCUT2D eigenvalue weighted by molar-refractivity contribution is -0.166. The molecule has 2 saturated heterocycles. The van der Waals surface area contributed by atoms with Gasteiger partial charge in [-0.2, -0.15) is 0 Å². The molecule has 3 fully saturated rings. The smallest absolute Gasteiger partial charge is 0.335 e. The minimum atomic E-state index is -1.03. The maximum absolute atomic E-state index is 13.8. The third-order valence-corrected chi connectivity index (χ3v) is 9.93. The van der Waals surface area contributed by atoms with Gasteiger partial charge >= 0.3 is 5.97 Å². The van der Waals surface area contributed by atoms with E-state index in [9.17, 15) is 24.3 Å². The normalized spacial score (nSPS) is 20.9. The van der Waals surface area contributed by atoms with Crippen molar-refractivity contribution < 1.29 is 29.4 Å². The summed E-state index contributed by atoms with van der Waals surface area (Å²) in [5.74, 6) is -1.51. The van der Waals surface area contributed by atoms with Crippen LogP contribution in [0.4, 0.5) is 0 Å². The van der Waals surface area contributed by atoms with E-state index in [1.54, 1.807) is 0 Å². The highest BCUT2D eigenvalue weighted by atomic mass is 35.5. The number of aliphatic hydroxyl groups excluding tert-OH is 1.